The summed E-state index contributed by atoms with van der Waals surface area (Å²) in [6.07, 6.45) is 4.44. The fourth-order valence-corrected chi connectivity index (χ4v) is 1.80. The van der Waals surface area contributed by atoms with E-state index in [0.717, 1.165) is 12.0 Å². The molecule has 0 N–H and O–H groups in total. The smallest absolute Gasteiger partial charge is 0.00955 e. The van der Waals surface area contributed by atoms with Crippen molar-refractivity contribution in [1.29, 1.82) is 0 Å². The number of rotatable bonds is 1. The van der Waals surface area contributed by atoms with E-state index in [1.165, 1.54) is 32.4 Å². The van der Waals surface area contributed by atoms with Crippen LogP contribution in [0, 0.1) is 5.92 Å². The van der Waals surface area contributed by atoms with E-state index in [-0.39, 0.29) is 0 Å². The van der Waals surface area contributed by atoms with Crippen molar-refractivity contribution in [3.8, 4) is 0 Å². The van der Waals surface area contributed by atoms with Gasteiger partial charge in [-0.15, -0.1) is 0 Å². The highest BCUT2D eigenvalue weighted by molar-refractivity contribution is 4.87. The lowest BCUT2D eigenvalue weighted by atomic mass is 9.87. The molecule has 0 amide bonds. The van der Waals surface area contributed by atoms with Crippen molar-refractivity contribution >= 4 is 0 Å². The molecule has 0 bridgehead atoms. The van der Waals surface area contributed by atoms with Gasteiger partial charge in [-0.1, -0.05) is 13.3 Å². The molecule has 0 aromatic rings. The van der Waals surface area contributed by atoms with Gasteiger partial charge in [0.1, 0.15) is 0 Å². The van der Waals surface area contributed by atoms with Crippen molar-refractivity contribution in [2.75, 3.05) is 13.1 Å². The third-order valence-corrected chi connectivity index (χ3v) is 2.68. The molecule has 1 heteroatoms. The first kappa shape index (κ1) is 5.72. The Bertz CT molecular complexity index is 101. The summed E-state index contributed by atoms with van der Waals surface area (Å²) in [6, 6.07) is 1.00. The number of nitrogens with zero attached hydrogens (tertiary/aromatic N) is 1. The minimum atomic E-state index is 0.991. The van der Waals surface area contributed by atoms with E-state index in [1.54, 1.807) is 0 Å². The summed E-state index contributed by atoms with van der Waals surface area (Å²) in [5.41, 5.74) is 0. The Labute approximate surface area is 57.0 Å². The standard InChI is InChI=1S/C8H15N/c1-7-5-9(6-7)8-3-2-4-8/h7-8H,2-6H2,1H3. The van der Waals surface area contributed by atoms with Gasteiger partial charge in [0.05, 0.1) is 0 Å². The highest BCUT2D eigenvalue weighted by atomic mass is 15.2. The van der Waals surface area contributed by atoms with Crippen molar-refractivity contribution in [1.82, 2.24) is 4.90 Å². The Hall–Kier alpha value is -0.0400. The number of hydrogen-bond acceptors (Lipinski definition) is 1. The molecular weight excluding hydrogens is 110 g/mol. The molecule has 9 heavy (non-hydrogen) atoms. The van der Waals surface area contributed by atoms with Crippen molar-refractivity contribution in [3.63, 3.8) is 0 Å². The predicted molar refractivity (Wildman–Crippen MR) is 38.4 cm³/mol. The molecule has 0 radical (unpaired) electrons. The fourth-order valence-electron chi connectivity index (χ4n) is 1.80. The molecule has 52 valence electrons. The molecule has 1 nitrogen and oxygen atoms in total. The molecule has 0 aromatic heterocycles. The van der Waals surface area contributed by atoms with Crippen molar-refractivity contribution in [2.24, 2.45) is 5.92 Å². The molecule has 2 fully saturated rings. The van der Waals surface area contributed by atoms with E-state index in [0.29, 0.717) is 0 Å². The van der Waals surface area contributed by atoms with Crippen LogP contribution in [-0.4, -0.2) is 24.0 Å². The monoisotopic (exact) mass is 125 g/mol. The summed E-state index contributed by atoms with van der Waals surface area (Å²) in [4.78, 5) is 2.63. The number of hydrogen-bond donors (Lipinski definition) is 0. The molecular formula is C8H15N. The van der Waals surface area contributed by atoms with Crippen molar-refractivity contribution in [3.05, 3.63) is 0 Å². The van der Waals surface area contributed by atoms with Crippen molar-refractivity contribution < 1.29 is 0 Å². The van der Waals surface area contributed by atoms with Crippen LogP contribution in [0.1, 0.15) is 26.2 Å². The predicted octanol–water partition coefficient (Wildman–Crippen LogP) is 1.49. The average molecular weight is 125 g/mol. The molecule has 1 saturated carbocycles. The van der Waals surface area contributed by atoms with Gasteiger partial charge in [-0.25, -0.2) is 0 Å². The molecule has 0 atom stereocenters. The summed E-state index contributed by atoms with van der Waals surface area (Å²) in [6.45, 7) is 5.10. The molecule has 1 aliphatic carbocycles. The fraction of sp³-hybridized carbons (Fsp3) is 1.00. The second kappa shape index (κ2) is 1.98. The Morgan fingerprint density at radius 2 is 1.89 bits per heavy atom. The van der Waals surface area contributed by atoms with Crippen LogP contribution in [0.4, 0.5) is 0 Å². The maximum Gasteiger partial charge on any atom is 0.00955 e. The van der Waals surface area contributed by atoms with E-state index in [4.69, 9.17) is 0 Å². The van der Waals surface area contributed by atoms with Gasteiger partial charge in [0.15, 0.2) is 0 Å². The summed E-state index contributed by atoms with van der Waals surface area (Å²) in [5.74, 6) is 0.991. The Morgan fingerprint density at radius 1 is 1.22 bits per heavy atom. The topological polar surface area (TPSA) is 3.24 Å². The van der Waals surface area contributed by atoms with E-state index < -0.39 is 0 Å². The lowest BCUT2D eigenvalue weighted by Gasteiger charge is -2.46. The van der Waals surface area contributed by atoms with Gasteiger partial charge in [-0.05, 0) is 18.8 Å². The lowest BCUT2D eigenvalue weighted by molar-refractivity contribution is 0.0248. The van der Waals surface area contributed by atoms with Gasteiger partial charge >= 0.3 is 0 Å². The van der Waals surface area contributed by atoms with E-state index in [2.05, 4.69) is 11.8 Å². The Morgan fingerprint density at radius 3 is 2.22 bits per heavy atom. The molecule has 2 aliphatic rings. The summed E-state index contributed by atoms with van der Waals surface area (Å²) >= 11 is 0. The zero-order valence-corrected chi connectivity index (χ0v) is 6.14. The van der Waals surface area contributed by atoms with Crippen LogP contribution in [-0.2, 0) is 0 Å². The Balaban J connectivity index is 1.75. The third kappa shape index (κ3) is 0.877. The molecule has 0 aromatic carbocycles. The third-order valence-electron chi connectivity index (χ3n) is 2.68. The molecule has 1 saturated heterocycles. The lowest BCUT2D eigenvalue weighted by Crippen LogP contribution is -2.53. The molecule has 2 rings (SSSR count). The zero-order valence-electron chi connectivity index (χ0n) is 6.14. The SMILES string of the molecule is CC1CN(C2CCC2)C1. The van der Waals surface area contributed by atoms with Gasteiger partial charge in [0, 0.05) is 19.1 Å². The van der Waals surface area contributed by atoms with Gasteiger partial charge in [0.2, 0.25) is 0 Å². The van der Waals surface area contributed by atoms with E-state index in [9.17, 15) is 0 Å². The maximum atomic E-state index is 2.63. The highest BCUT2D eigenvalue weighted by Crippen LogP contribution is 2.30. The quantitative estimate of drug-likeness (QED) is 0.513. The minimum absolute atomic E-state index is 0.991. The van der Waals surface area contributed by atoms with Crippen LogP contribution < -0.4 is 0 Å². The first-order valence-corrected chi connectivity index (χ1v) is 4.10. The van der Waals surface area contributed by atoms with Crippen molar-refractivity contribution in [2.45, 2.75) is 32.2 Å². The molecule has 1 aliphatic heterocycles. The second-order valence-corrected chi connectivity index (χ2v) is 3.64. The normalized spacial score (nSPS) is 31.7. The van der Waals surface area contributed by atoms with Crippen LogP contribution >= 0.6 is 0 Å². The van der Waals surface area contributed by atoms with Gasteiger partial charge in [-0.2, -0.15) is 0 Å². The van der Waals surface area contributed by atoms with Crippen LogP contribution in [0.2, 0.25) is 0 Å². The molecule has 0 unspecified atom stereocenters. The van der Waals surface area contributed by atoms with E-state index >= 15 is 0 Å². The summed E-state index contributed by atoms with van der Waals surface area (Å²) < 4.78 is 0. The van der Waals surface area contributed by atoms with Gasteiger partial charge in [0.25, 0.3) is 0 Å². The summed E-state index contributed by atoms with van der Waals surface area (Å²) in [5, 5.41) is 0. The van der Waals surface area contributed by atoms with E-state index in [1.807, 2.05) is 0 Å². The average Bonchev–Trinajstić information content (AvgIpc) is 1.57. The molecule has 1 heterocycles. The minimum Gasteiger partial charge on any atom is -0.300 e. The van der Waals surface area contributed by atoms with Gasteiger partial charge < -0.3 is 0 Å². The van der Waals surface area contributed by atoms with Gasteiger partial charge in [-0.3, -0.25) is 4.90 Å². The maximum absolute atomic E-state index is 2.63. The zero-order chi connectivity index (χ0) is 6.27. The largest absolute Gasteiger partial charge is 0.300 e. The highest BCUT2D eigenvalue weighted by Gasteiger charge is 2.32. The Kier molecular flexibility index (Phi) is 1.26. The summed E-state index contributed by atoms with van der Waals surface area (Å²) in [7, 11) is 0. The second-order valence-electron chi connectivity index (χ2n) is 3.64. The van der Waals surface area contributed by atoms with Crippen LogP contribution in [0.3, 0.4) is 0 Å². The van der Waals surface area contributed by atoms with Crippen LogP contribution in [0.5, 0.6) is 0 Å². The van der Waals surface area contributed by atoms with Crippen LogP contribution in [0.15, 0.2) is 0 Å². The molecule has 0 spiro atoms. The first-order chi connectivity index (χ1) is 4.36. The first-order valence-electron chi connectivity index (χ1n) is 4.10. The number of likely N-dealkylation sites (tertiary alicyclic amines) is 1. The van der Waals surface area contributed by atoms with Crippen LogP contribution in [0.25, 0.3) is 0 Å².